The molecule has 130 valence electrons. The molecular weight excluding hydrogens is 346 g/mol. The fraction of sp³-hybridized carbons (Fsp3) is 0.583. The number of carbonyl (C=O) groups excluding carboxylic acids is 1. The van der Waals surface area contributed by atoms with Gasteiger partial charge in [-0.05, 0) is 26.1 Å². The van der Waals surface area contributed by atoms with Crippen molar-refractivity contribution in [1.82, 2.24) is 10.2 Å². The van der Waals surface area contributed by atoms with Crippen molar-refractivity contribution in [2.24, 2.45) is 5.73 Å². The van der Waals surface area contributed by atoms with Crippen LogP contribution in [0.2, 0.25) is 0 Å². The topological polar surface area (TPSA) is 71.5 Å². The van der Waals surface area contributed by atoms with Crippen LogP contribution in [0.1, 0.15) is 22.5 Å². The molecule has 22 heavy (non-hydrogen) atoms. The van der Waals surface area contributed by atoms with Crippen LogP contribution >= 0.6 is 24.8 Å². The highest BCUT2D eigenvalue weighted by molar-refractivity contribution is 5.93. The first-order valence-electron chi connectivity index (χ1n) is 6.13. The van der Waals surface area contributed by atoms with E-state index in [2.05, 4.69) is 5.32 Å². The Morgan fingerprint density at radius 2 is 2.05 bits per heavy atom. The summed E-state index contributed by atoms with van der Waals surface area (Å²) in [6.45, 7) is -0.207. The zero-order chi connectivity index (χ0) is 15.2. The summed E-state index contributed by atoms with van der Waals surface area (Å²) in [5.41, 5.74) is 5.70. The van der Waals surface area contributed by atoms with E-state index in [1.165, 1.54) is 19.4 Å². The van der Waals surface area contributed by atoms with Crippen molar-refractivity contribution in [2.45, 2.75) is 19.1 Å². The predicted octanol–water partition coefficient (Wildman–Crippen LogP) is 2.20. The number of amides is 1. The molecular formula is C12H20Cl2F3N3O2. The minimum atomic E-state index is -4.20. The molecule has 0 atom stereocenters. The monoisotopic (exact) mass is 365 g/mol. The van der Waals surface area contributed by atoms with Crippen LogP contribution in [0.4, 0.5) is 13.2 Å². The summed E-state index contributed by atoms with van der Waals surface area (Å²) in [7, 11) is 1.39. The van der Waals surface area contributed by atoms with Gasteiger partial charge in [0, 0.05) is 6.54 Å². The molecule has 0 radical (unpaired) electrons. The molecule has 0 saturated carbocycles. The summed E-state index contributed by atoms with van der Waals surface area (Å²) in [4.78, 5) is 12.8. The van der Waals surface area contributed by atoms with Crippen molar-refractivity contribution in [3.8, 4) is 0 Å². The number of hydrogen-bond acceptors (Lipinski definition) is 4. The summed E-state index contributed by atoms with van der Waals surface area (Å²) >= 11 is 0. The fourth-order valence-electron chi connectivity index (χ4n) is 1.64. The number of nitrogens with one attached hydrogen (secondary N) is 1. The van der Waals surface area contributed by atoms with Gasteiger partial charge in [0.25, 0.3) is 5.91 Å². The zero-order valence-corrected chi connectivity index (χ0v) is 13.6. The standard InChI is InChI=1S/C12H18F3N3O2.2ClH/c1-18(8-12(13,14)15)4-2-3-17-11(19)9-5-10(6-16)20-7-9;;/h5,7H,2-4,6,8,16H2,1H3,(H,17,19);2*1H. The van der Waals surface area contributed by atoms with Crippen LogP contribution in [0.5, 0.6) is 0 Å². The summed E-state index contributed by atoms with van der Waals surface area (Å²) in [6, 6.07) is 1.53. The molecule has 0 aliphatic rings. The number of carbonyl (C=O) groups is 1. The molecule has 10 heteroatoms. The first-order valence-corrected chi connectivity index (χ1v) is 6.13. The van der Waals surface area contributed by atoms with Crippen molar-refractivity contribution in [3.63, 3.8) is 0 Å². The van der Waals surface area contributed by atoms with Crippen LogP contribution in [0.15, 0.2) is 16.7 Å². The Labute approximate surface area is 139 Å². The first-order chi connectivity index (χ1) is 9.31. The lowest BCUT2D eigenvalue weighted by molar-refractivity contribution is -0.143. The SMILES string of the molecule is CN(CCCNC(=O)c1coc(CN)c1)CC(F)(F)F.Cl.Cl. The van der Waals surface area contributed by atoms with E-state index in [4.69, 9.17) is 10.2 Å². The average molecular weight is 366 g/mol. The molecule has 3 N–H and O–H groups in total. The molecule has 0 saturated heterocycles. The highest BCUT2D eigenvalue weighted by Gasteiger charge is 2.28. The van der Waals surface area contributed by atoms with Crippen molar-refractivity contribution >= 4 is 30.7 Å². The van der Waals surface area contributed by atoms with Crippen LogP contribution in [-0.4, -0.2) is 43.7 Å². The minimum absolute atomic E-state index is 0. The third-order valence-corrected chi connectivity index (χ3v) is 2.57. The van der Waals surface area contributed by atoms with Crippen LogP contribution in [0.3, 0.4) is 0 Å². The molecule has 1 aromatic rings. The summed E-state index contributed by atoms with van der Waals surface area (Å²) in [6.07, 6.45) is -2.47. The summed E-state index contributed by atoms with van der Waals surface area (Å²) in [5.74, 6) is 0.173. The van der Waals surface area contributed by atoms with E-state index in [9.17, 15) is 18.0 Å². The number of furan rings is 1. The molecule has 0 unspecified atom stereocenters. The van der Waals surface area contributed by atoms with Crippen molar-refractivity contribution in [1.29, 1.82) is 0 Å². The van der Waals surface area contributed by atoms with Crippen molar-refractivity contribution < 1.29 is 22.4 Å². The number of rotatable bonds is 7. The van der Waals surface area contributed by atoms with Gasteiger partial charge < -0.3 is 15.5 Å². The predicted molar refractivity (Wildman–Crippen MR) is 81.6 cm³/mol. The quantitative estimate of drug-likeness (QED) is 0.726. The lowest BCUT2D eigenvalue weighted by atomic mass is 10.3. The largest absolute Gasteiger partial charge is 0.467 e. The minimum Gasteiger partial charge on any atom is -0.467 e. The van der Waals surface area contributed by atoms with Gasteiger partial charge >= 0.3 is 6.18 Å². The van der Waals surface area contributed by atoms with E-state index < -0.39 is 12.7 Å². The van der Waals surface area contributed by atoms with Gasteiger partial charge in [-0.1, -0.05) is 0 Å². The van der Waals surface area contributed by atoms with Crippen LogP contribution in [0.25, 0.3) is 0 Å². The molecule has 1 heterocycles. The summed E-state index contributed by atoms with van der Waals surface area (Å²) in [5, 5.41) is 2.61. The van der Waals surface area contributed by atoms with Gasteiger partial charge in [0.2, 0.25) is 0 Å². The fourth-order valence-corrected chi connectivity index (χ4v) is 1.64. The maximum absolute atomic E-state index is 12.1. The maximum atomic E-state index is 12.1. The van der Waals surface area contributed by atoms with Crippen molar-refractivity contribution in [3.05, 3.63) is 23.7 Å². The van der Waals surface area contributed by atoms with E-state index in [-0.39, 0.29) is 43.8 Å². The van der Waals surface area contributed by atoms with Gasteiger partial charge in [0.1, 0.15) is 12.0 Å². The second-order valence-electron chi connectivity index (χ2n) is 4.47. The Hall–Kier alpha value is -0.960. The highest BCUT2D eigenvalue weighted by Crippen LogP contribution is 2.15. The molecule has 0 aromatic carbocycles. The van der Waals surface area contributed by atoms with E-state index in [1.807, 2.05) is 0 Å². The molecule has 1 amide bonds. The number of nitrogens with two attached hydrogens (primary N) is 1. The third kappa shape index (κ3) is 9.14. The number of nitrogens with zero attached hydrogens (tertiary/aromatic N) is 1. The zero-order valence-electron chi connectivity index (χ0n) is 12.0. The van der Waals surface area contributed by atoms with Gasteiger partial charge in [-0.3, -0.25) is 9.69 Å². The van der Waals surface area contributed by atoms with E-state index >= 15 is 0 Å². The third-order valence-electron chi connectivity index (χ3n) is 2.57. The highest BCUT2D eigenvalue weighted by atomic mass is 35.5. The van der Waals surface area contributed by atoms with Gasteiger partial charge in [-0.15, -0.1) is 24.8 Å². The lowest BCUT2D eigenvalue weighted by Crippen LogP contribution is -2.33. The Kier molecular flexibility index (Phi) is 11.4. The smallest absolute Gasteiger partial charge is 0.401 e. The molecule has 1 rings (SSSR count). The van der Waals surface area contributed by atoms with Crippen molar-refractivity contribution in [2.75, 3.05) is 26.7 Å². The molecule has 0 spiro atoms. The molecule has 0 bridgehead atoms. The van der Waals surface area contributed by atoms with Crippen LogP contribution in [-0.2, 0) is 6.54 Å². The molecule has 0 aliphatic carbocycles. The average Bonchev–Trinajstić information content (AvgIpc) is 2.81. The molecule has 0 fully saturated rings. The lowest BCUT2D eigenvalue weighted by Gasteiger charge is -2.18. The van der Waals surface area contributed by atoms with Crippen LogP contribution < -0.4 is 11.1 Å². The van der Waals surface area contributed by atoms with E-state index in [0.717, 1.165) is 4.90 Å². The second-order valence-corrected chi connectivity index (χ2v) is 4.47. The van der Waals surface area contributed by atoms with E-state index in [1.54, 1.807) is 0 Å². The van der Waals surface area contributed by atoms with Gasteiger partial charge in [-0.25, -0.2) is 0 Å². The summed E-state index contributed by atoms with van der Waals surface area (Å²) < 4.78 is 41.2. The van der Waals surface area contributed by atoms with E-state index in [0.29, 0.717) is 24.3 Å². The molecule has 0 aliphatic heterocycles. The second kappa shape index (κ2) is 10.7. The van der Waals surface area contributed by atoms with Gasteiger partial charge in [-0.2, -0.15) is 13.2 Å². The normalized spacial score (nSPS) is 10.8. The van der Waals surface area contributed by atoms with Crippen LogP contribution in [0, 0.1) is 0 Å². The number of alkyl halides is 3. The number of hydrogen-bond donors (Lipinski definition) is 2. The Morgan fingerprint density at radius 1 is 1.41 bits per heavy atom. The first kappa shape index (κ1) is 23.3. The van der Waals surface area contributed by atoms with Gasteiger partial charge in [0.15, 0.2) is 0 Å². The Bertz CT molecular complexity index is 441. The number of halogens is 5. The Morgan fingerprint density at radius 3 is 2.55 bits per heavy atom. The maximum Gasteiger partial charge on any atom is 0.401 e. The molecule has 5 nitrogen and oxygen atoms in total. The molecule has 1 aromatic heterocycles. The Balaban J connectivity index is 0. The van der Waals surface area contributed by atoms with Gasteiger partial charge in [0.05, 0.1) is 18.7 Å².